The number of carbonyl (C=O) groups is 1. The van der Waals surface area contributed by atoms with Crippen LogP contribution in [0.5, 0.6) is 0 Å². The molecule has 0 amide bonds. The normalized spacial score (nSPS) is 13.2. The summed E-state index contributed by atoms with van der Waals surface area (Å²) >= 11 is 5.88. The number of aliphatic carboxylic acids is 1. The van der Waals surface area contributed by atoms with Gasteiger partial charge in [0.15, 0.2) is 0 Å². The summed E-state index contributed by atoms with van der Waals surface area (Å²) < 4.78 is 26.2. The van der Waals surface area contributed by atoms with Crippen LogP contribution >= 0.6 is 11.6 Å². The molecule has 1 rings (SSSR count). The number of rotatable bonds is 6. The standard InChI is InChI=1S/C12H16ClNO4S/c1-3-4-9-5-6-10(13)11(7-9)19(17,18)14-8(2)12(15)16/h5-8,14H,3-4H2,1-2H3,(H,15,16)/t8-/m0/s1. The molecular weight excluding hydrogens is 290 g/mol. The second kappa shape index (κ2) is 6.36. The minimum atomic E-state index is -3.94. The van der Waals surface area contributed by atoms with E-state index in [-0.39, 0.29) is 9.92 Å². The van der Waals surface area contributed by atoms with Crippen LogP contribution in [0.25, 0.3) is 0 Å². The van der Waals surface area contributed by atoms with Crippen LogP contribution in [0.2, 0.25) is 5.02 Å². The summed E-state index contributed by atoms with van der Waals surface area (Å²) in [6.07, 6.45) is 1.61. The van der Waals surface area contributed by atoms with Crippen LogP contribution in [0.4, 0.5) is 0 Å². The number of aryl methyl sites for hydroxylation is 1. The summed E-state index contributed by atoms with van der Waals surface area (Å²) in [7, 11) is -3.94. The molecule has 0 heterocycles. The Morgan fingerprint density at radius 2 is 2.11 bits per heavy atom. The molecule has 0 aliphatic carbocycles. The average Bonchev–Trinajstić information content (AvgIpc) is 2.31. The lowest BCUT2D eigenvalue weighted by Crippen LogP contribution is -2.38. The Bertz CT molecular complexity index is 571. The highest BCUT2D eigenvalue weighted by Gasteiger charge is 2.23. The summed E-state index contributed by atoms with van der Waals surface area (Å²) in [6.45, 7) is 3.23. The van der Waals surface area contributed by atoms with Gasteiger partial charge in [0.25, 0.3) is 0 Å². The van der Waals surface area contributed by atoms with E-state index in [2.05, 4.69) is 4.72 Å². The number of nitrogens with one attached hydrogen (secondary N) is 1. The van der Waals surface area contributed by atoms with Gasteiger partial charge >= 0.3 is 5.97 Å². The van der Waals surface area contributed by atoms with E-state index in [0.29, 0.717) is 0 Å². The lowest BCUT2D eigenvalue weighted by Gasteiger charge is -2.12. The third kappa shape index (κ3) is 4.19. The zero-order valence-corrected chi connectivity index (χ0v) is 12.3. The summed E-state index contributed by atoms with van der Waals surface area (Å²) in [5, 5.41) is 8.81. The van der Waals surface area contributed by atoms with Gasteiger partial charge in [0.2, 0.25) is 10.0 Å². The molecule has 106 valence electrons. The molecule has 5 nitrogen and oxygen atoms in total. The molecule has 0 aliphatic rings. The summed E-state index contributed by atoms with van der Waals surface area (Å²) in [5.74, 6) is -1.25. The van der Waals surface area contributed by atoms with Crippen LogP contribution in [0.1, 0.15) is 25.8 Å². The van der Waals surface area contributed by atoms with Crippen molar-refractivity contribution in [3.63, 3.8) is 0 Å². The maximum absolute atomic E-state index is 12.1. The van der Waals surface area contributed by atoms with E-state index in [1.54, 1.807) is 6.07 Å². The van der Waals surface area contributed by atoms with Crippen molar-refractivity contribution in [2.75, 3.05) is 0 Å². The molecule has 0 saturated carbocycles. The Labute approximate surface area is 117 Å². The molecule has 2 N–H and O–H groups in total. The molecule has 0 fully saturated rings. The summed E-state index contributed by atoms with van der Waals surface area (Å²) in [4.78, 5) is 10.6. The van der Waals surface area contributed by atoms with E-state index in [1.807, 2.05) is 6.92 Å². The number of benzene rings is 1. The van der Waals surface area contributed by atoms with E-state index in [9.17, 15) is 13.2 Å². The van der Waals surface area contributed by atoms with Crippen LogP contribution in [-0.4, -0.2) is 25.5 Å². The van der Waals surface area contributed by atoms with Crippen molar-refractivity contribution in [2.24, 2.45) is 0 Å². The van der Waals surface area contributed by atoms with Crippen molar-refractivity contribution in [3.8, 4) is 0 Å². The van der Waals surface area contributed by atoms with Crippen LogP contribution in [0.15, 0.2) is 23.1 Å². The van der Waals surface area contributed by atoms with Crippen LogP contribution < -0.4 is 4.72 Å². The molecule has 0 bridgehead atoms. The third-order valence-electron chi connectivity index (χ3n) is 2.53. The first-order valence-corrected chi connectivity index (χ1v) is 7.67. The Morgan fingerprint density at radius 1 is 1.47 bits per heavy atom. The summed E-state index contributed by atoms with van der Waals surface area (Å²) in [5.41, 5.74) is 0.843. The van der Waals surface area contributed by atoms with Gasteiger partial charge in [0.1, 0.15) is 10.9 Å². The monoisotopic (exact) mass is 305 g/mol. The molecule has 1 aromatic rings. The fourth-order valence-electron chi connectivity index (χ4n) is 1.54. The minimum absolute atomic E-state index is 0.0740. The molecule has 0 unspecified atom stereocenters. The fourth-order valence-corrected chi connectivity index (χ4v) is 3.29. The van der Waals surface area contributed by atoms with Crippen molar-refractivity contribution in [2.45, 2.75) is 37.6 Å². The van der Waals surface area contributed by atoms with Gasteiger partial charge < -0.3 is 5.11 Å². The average molecular weight is 306 g/mol. The quantitative estimate of drug-likeness (QED) is 0.842. The van der Waals surface area contributed by atoms with Crippen molar-refractivity contribution in [1.29, 1.82) is 0 Å². The molecule has 19 heavy (non-hydrogen) atoms. The van der Waals surface area contributed by atoms with Gasteiger partial charge in [-0.1, -0.05) is 31.0 Å². The van der Waals surface area contributed by atoms with Crippen molar-refractivity contribution in [1.82, 2.24) is 4.72 Å². The zero-order valence-electron chi connectivity index (χ0n) is 10.7. The smallest absolute Gasteiger partial charge is 0.321 e. The maximum atomic E-state index is 12.1. The number of carboxylic acids is 1. The van der Waals surface area contributed by atoms with Crippen LogP contribution in [0, 0.1) is 0 Å². The zero-order chi connectivity index (χ0) is 14.6. The highest BCUT2D eigenvalue weighted by molar-refractivity contribution is 7.89. The highest BCUT2D eigenvalue weighted by atomic mass is 35.5. The van der Waals surface area contributed by atoms with Crippen LogP contribution in [-0.2, 0) is 21.2 Å². The van der Waals surface area contributed by atoms with E-state index < -0.39 is 22.0 Å². The number of carboxylic acid groups (broad SMARTS) is 1. The van der Waals surface area contributed by atoms with Gasteiger partial charge in [-0.3, -0.25) is 4.79 Å². The van der Waals surface area contributed by atoms with E-state index in [4.69, 9.17) is 16.7 Å². The Balaban J connectivity index is 3.13. The highest BCUT2D eigenvalue weighted by Crippen LogP contribution is 2.23. The molecular formula is C12H16ClNO4S. The van der Waals surface area contributed by atoms with Crippen molar-refractivity contribution < 1.29 is 18.3 Å². The first-order valence-electron chi connectivity index (χ1n) is 5.81. The van der Waals surface area contributed by atoms with E-state index in [0.717, 1.165) is 18.4 Å². The molecule has 0 aromatic heterocycles. The molecule has 0 saturated heterocycles. The van der Waals surface area contributed by atoms with E-state index >= 15 is 0 Å². The second-order valence-corrected chi connectivity index (χ2v) is 6.29. The Morgan fingerprint density at radius 3 is 2.63 bits per heavy atom. The maximum Gasteiger partial charge on any atom is 0.321 e. The van der Waals surface area contributed by atoms with Gasteiger partial charge in [-0.25, -0.2) is 8.42 Å². The van der Waals surface area contributed by atoms with Gasteiger partial charge in [-0.15, -0.1) is 0 Å². The lowest BCUT2D eigenvalue weighted by atomic mass is 10.1. The Hall–Kier alpha value is -1.11. The Kier molecular flexibility index (Phi) is 5.34. The molecule has 0 aliphatic heterocycles. The van der Waals surface area contributed by atoms with Crippen molar-refractivity contribution in [3.05, 3.63) is 28.8 Å². The van der Waals surface area contributed by atoms with E-state index in [1.165, 1.54) is 19.1 Å². The number of hydrogen-bond donors (Lipinski definition) is 2. The molecule has 7 heteroatoms. The van der Waals surface area contributed by atoms with Gasteiger partial charge in [-0.2, -0.15) is 4.72 Å². The minimum Gasteiger partial charge on any atom is -0.480 e. The SMILES string of the molecule is CCCc1ccc(Cl)c(S(=O)(=O)N[C@@H](C)C(=O)O)c1. The fraction of sp³-hybridized carbons (Fsp3) is 0.417. The first-order chi connectivity index (χ1) is 8.77. The molecule has 1 atom stereocenters. The third-order valence-corrected chi connectivity index (χ3v) is 4.55. The van der Waals surface area contributed by atoms with Crippen molar-refractivity contribution >= 4 is 27.6 Å². The topological polar surface area (TPSA) is 83.5 Å². The van der Waals surface area contributed by atoms with Gasteiger partial charge in [0, 0.05) is 0 Å². The van der Waals surface area contributed by atoms with Gasteiger partial charge in [0.05, 0.1) is 5.02 Å². The second-order valence-electron chi connectivity index (χ2n) is 4.20. The molecule has 0 radical (unpaired) electrons. The van der Waals surface area contributed by atoms with Gasteiger partial charge in [-0.05, 0) is 31.0 Å². The molecule has 0 spiro atoms. The van der Waals surface area contributed by atoms with Crippen LogP contribution in [0.3, 0.4) is 0 Å². The number of halogens is 1. The number of hydrogen-bond acceptors (Lipinski definition) is 3. The lowest BCUT2D eigenvalue weighted by molar-refractivity contribution is -0.138. The molecule has 1 aromatic carbocycles. The predicted octanol–water partition coefficient (Wildman–Crippen LogP) is 2.04. The summed E-state index contributed by atoms with van der Waals surface area (Å²) in [6, 6.07) is 3.52. The predicted molar refractivity (Wildman–Crippen MR) is 72.9 cm³/mol. The first kappa shape index (κ1) is 15.9. The largest absolute Gasteiger partial charge is 0.480 e. The number of sulfonamides is 1.